The molecule has 0 aliphatic carbocycles. The molecule has 0 fully saturated rings. The third-order valence-corrected chi connectivity index (χ3v) is 1.71. The molecule has 2 N–H and O–H groups in total. The molecule has 0 aliphatic heterocycles. The van der Waals surface area contributed by atoms with Gasteiger partial charge in [-0.15, -0.1) is 0 Å². The molecule has 0 aliphatic rings. The second kappa shape index (κ2) is 6.95. The van der Waals surface area contributed by atoms with Crippen LogP contribution < -0.4 is 5.32 Å². The minimum atomic E-state index is 0.0426. The number of aliphatic hydroxyl groups excluding tert-OH is 1. The first-order chi connectivity index (χ1) is 5.76. The van der Waals surface area contributed by atoms with E-state index < -0.39 is 0 Å². The predicted molar refractivity (Wildman–Crippen MR) is 53.0 cm³/mol. The maximum Gasteiger partial charge on any atom is 0.0615 e. The third kappa shape index (κ3) is 4.21. The summed E-state index contributed by atoms with van der Waals surface area (Å²) in [6.07, 6.45) is 6.99. The molecule has 3 heteroatoms. The molecule has 0 bridgehead atoms. The summed E-state index contributed by atoms with van der Waals surface area (Å²) < 4.78 is 0. The Bertz CT molecular complexity index is 207. The van der Waals surface area contributed by atoms with Gasteiger partial charge in [0.1, 0.15) is 0 Å². The second-order valence-electron chi connectivity index (χ2n) is 2.08. The fourth-order valence-corrected chi connectivity index (χ4v) is 0.820. The summed E-state index contributed by atoms with van der Waals surface area (Å²) in [6, 6.07) is 0. The summed E-state index contributed by atoms with van der Waals surface area (Å²) >= 11 is 5.84. The highest BCUT2D eigenvalue weighted by atomic mass is 35.5. The summed E-state index contributed by atoms with van der Waals surface area (Å²) in [5.74, 6) is 0. The standard InChI is InChI=1S/C9H14ClNO/c1-3-8(10)9(11-2)6-4-5-7-12/h3-6,11-12H,7H2,1-2H3/b5-4+,8-3+,9-6+. The van der Waals surface area contributed by atoms with Crippen LogP contribution in [0.5, 0.6) is 0 Å². The lowest BCUT2D eigenvalue weighted by atomic mass is 10.3. The quantitative estimate of drug-likeness (QED) is 0.658. The molecule has 0 heterocycles. The summed E-state index contributed by atoms with van der Waals surface area (Å²) in [7, 11) is 1.80. The Morgan fingerprint density at radius 2 is 2.25 bits per heavy atom. The Hall–Kier alpha value is -0.730. The molecule has 0 aromatic heterocycles. The van der Waals surface area contributed by atoms with Crippen LogP contribution in [0.15, 0.2) is 35.0 Å². The highest BCUT2D eigenvalue weighted by Crippen LogP contribution is 2.10. The summed E-state index contributed by atoms with van der Waals surface area (Å²) in [4.78, 5) is 0. The average Bonchev–Trinajstić information content (AvgIpc) is 2.11. The number of rotatable bonds is 4. The zero-order valence-electron chi connectivity index (χ0n) is 7.34. The molecule has 0 rings (SSSR count). The number of hydrogen-bond acceptors (Lipinski definition) is 2. The number of likely N-dealkylation sites (N-methyl/N-ethyl adjacent to an activating group) is 1. The van der Waals surface area contributed by atoms with Crippen LogP contribution in [-0.4, -0.2) is 18.8 Å². The molecule has 0 radical (unpaired) electrons. The molecule has 0 atom stereocenters. The molecule has 12 heavy (non-hydrogen) atoms. The van der Waals surface area contributed by atoms with E-state index in [2.05, 4.69) is 5.32 Å². The van der Waals surface area contributed by atoms with E-state index in [4.69, 9.17) is 16.7 Å². The van der Waals surface area contributed by atoms with Crippen molar-refractivity contribution >= 4 is 11.6 Å². The van der Waals surface area contributed by atoms with Crippen LogP contribution in [0.4, 0.5) is 0 Å². The molecule has 0 unspecified atom stereocenters. The SMILES string of the molecule is C\C=C(Cl)/C(=C\C=C\CO)NC. The van der Waals surface area contributed by atoms with Gasteiger partial charge in [-0.3, -0.25) is 0 Å². The van der Waals surface area contributed by atoms with Crippen LogP contribution in [-0.2, 0) is 0 Å². The fourth-order valence-electron chi connectivity index (χ4n) is 0.663. The van der Waals surface area contributed by atoms with Gasteiger partial charge in [0.15, 0.2) is 0 Å². The molecule has 0 saturated heterocycles. The molecule has 0 aromatic rings. The van der Waals surface area contributed by atoms with Crippen molar-refractivity contribution in [1.82, 2.24) is 5.32 Å². The Labute approximate surface area is 78.2 Å². The van der Waals surface area contributed by atoms with E-state index >= 15 is 0 Å². The zero-order chi connectivity index (χ0) is 9.40. The maximum atomic E-state index is 8.46. The molecule has 0 saturated carbocycles. The maximum absolute atomic E-state index is 8.46. The Kier molecular flexibility index (Phi) is 6.53. The van der Waals surface area contributed by atoms with E-state index in [1.165, 1.54) is 0 Å². The van der Waals surface area contributed by atoms with Gasteiger partial charge in [-0.05, 0) is 13.0 Å². The van der Waals surface area contributed by atoms with Crippen molar-refractivity contribution in [2.24, 2.45) is 0 Å². The first kappa shape index (κ1) is 11.3. The first-order valence-electron chi connectivity index (χ1n) is 3.73. The van der Waals surface area contributed by atoms with Gasteiger partial charge in [0.05, 0.1) is 17.3 Å². The number of halogens is 1. The third-order valence-electron chi connectivity index (χ3n) is 1.28. The molecule has 2 nitrogen and oxygen atoms in total. The van der Waals surface area contributed by atoms with E-state index in [1.807, 2.05) is 6.92 Å². The van der Waals surface area contributed by atoms with Crippen LogP contribution in [0.2, 0.25) is 0 Å². The van der Waals surface area contributed by atoms with Crippen LogP contribution in [0.3, 0.4) is 0 Å². The summed E-state index contributed by atoms with van der Waals surface area (Å²) in [6.45, 7) is 1.91. The highest BCUT2D eigenvalue weighted by molar-refractivity contribution is 6.31. The molecular formula is C9H14ClNO. The van der Waals surface area contributed by atoms with Crippen LogP contribution in [0.1, 0.15) is 6.92 Å². The van der Waals surface area contributed by atoms with Crippen molar-refractivity contribution in [3.05, 3.63) is 35.0 Å². The molecule has 0 amide bonds. The van der Waals surface area contributed by atoms with Gasteiger partial charge in [0, 0.05) is 7.05 Å². The predicted octanol–water partition coefficient (Wildman–Crippen LogP) is 1.78. The monoisotopic (exact) mass is 187 g/mol. The van der Waals surface area contributed by atoms with Crippen molar-refractivity contribution in [1.29, 1.82) is 0 Å². The van der Waals surface area contributed by atoms with E-state index in [1.54, 1.807) is 31.4 Å². The lowest BCUT2D eigenvalue weighted by Gasteiger charge is -2.02. The molecular weight excluding hydrogens is 174 g/mol. The summed E-state index contributed by atoms with van der Waals surface area (Å²) in [5.41, 5.74) is 0.837. The van der Waals surface area contributed by atoms with Crippen molar-refractivity contribution in [3.8, 4) is 0 Å². The van der Waals surface area contributed by atoms with Crippen molar-refractivity contribution in [2.45, 2.75) is 6.92 Å². The zero-order valence-corrected chi connectivity index (χ0v) is 8.10. The number of hydrogen-bond donors (Lipinski definition) is 2. The summed E-state index contributed by atoms with van der Waals surface area (Å²) in [5, 5.41) is 12.1. The van der Waals surface area contributed by atoms with Crippen LogP contribution >= 0.6 is 11.6 Å². The minimum absolute atomic E-state index is 0.0426. The van der Waals surface area contributed by atoms with Gasteiger partial charge in [-0.25, -0.2) is 0 Å². The smallest absolute Gasteiger partial charge is 0.0615 e. The number of nitrogens with one attached hydrogen (secondary N) is 1. The fraction of sp³-hybridized carbons (Fsp3) is 0.333. The van der Waals surface area contributed by atoms with Gasteiger partial charge in [-0.1, -0.05) is 29.8 Å². The second-order valence-corrected chi connectivity index (χ2v) is 2.48. The van der Waals surface area contributed by atoms with Gasteiger partial charge in [-0.2, -0.15) is 0 Å². The van der Waals surface area contributed by atoms with E-state index in [0.717, 1.165) is 5.70 Å². The minimum Gasteiger partial charge on any atom is -0.392 e. The van der Waals surface area contributed by atoms with E-state index in [0.29, 0.717) is 5.03 Å². The Morgan fingerprint density at radius 3 is 2.67 bits per heavy atom. The molecule has 0 spiro atoms. The normalized spacial score (nSPS) is 14.0. The van der Waals surface area contributed by atoms with Crippen molar-refractivity contribution in [2.75, 3.05) is 13.7 Å². The average molecular weight is 188 g/mol. The largest absolute Gasteiger partial charge is 0.392 e. The highest BCUT2D eigenvalue weighted by Gasteiger charge is 1.94. The molecule has 68 valence electrons. The Balaban J connectivity index is 4.33. The van der Waals surface area contributed by atoms with E-state index in [9.17, 15) is 0 Å². The topological polar surface area (TPSA) is 32.3 Å². The van der Waals surface area contributed by atoms with Crippen LogP contribution in [0, 0.1) is 0 Å². The Morgan fingerprint density at radius 1 is 1.58 bits per heavy atom. The van der Waals surface area contributed by atoms with Crippen molar-refractivity contribution in [3.63, 3.8) is 0 Å². The van der Waals surface area contributed by atoms with Crippen molar-refractivity contribution < 1.29 is 5.11 Å². The lowest BCUT2D eigenvalue weighted by Crippen LogP contribution is -2.05. The van der Waals surface area contributed by atoms with Gasteiger partial charge >= 0.3 is 0 Å². The molecule has 0 aromatic carbocycles. The first-order valence-corrected chi connectivity index (χ1v) is 4.11. The van der Waals surface area contributed by atoms with Gasteiger partial charge in [0.2, 0.25) is 0 Å². The number of aliphatic hydroxyl groups is 1. The van der Waals surface area contributed by atoms with E-state index in [-0.39, 0.29) is 6.61 Å². The lowest BCUT2D eigenvalue weighted by molar-refractivity contribution is 0.343. The van der Waals surface area contributed by atoms with Crippen LogP contribution in [0.25, 0.3) is 0 Å². The van der Waals surface area contributed by atoms with Gasteiger partial charge < -0.3 is 10.4 Å². The van der Waals surface area contributed by atoms with Gasteiger partial charge in [0.25, 0.3) is 0 Å². The number of allylic oxidation sites excluding steroid dienone is 4.